The van der Waals surface area contributed by atoms with Gasteiger partial charge in [-0.1, -0.05) is 370 Å². The fraction of sp³-hybridized carbons (Fsp3) is 0.951. The van der Waals surface area contributed by atoms with Crippen LogP contribution in [0.15, 0.2) is 0 Å². The number of hydrogen-bond acceptors (Lipinski definition) is 15. The standard InChI is InChI=1S/C81H158O17P2/c1-8-10-11-12-13-14-15-16-17-18-19-20-21-22-23-26-30-36-41-50-57-64-80(85)97-76(68-91-78(83)62-55-48-40-35-29-27-24-25-28-33-38-45-52-59-72(3)4)70-95-99(87,88)93-66-75(82)67-94-100(89,90)96-71-77(69-92-79(84)63-56-49-44-43-46-53-60-73(5)6)98-81(86)65-58-51-42-37-32-31-34-39-47-54-61-74(7)9-2/h72-77,82H,8-71H2,1-7H3,(H,87,88)(H,89,90)/t74?,75-,76-,77-/m1/s1. The van der Waals surface area contributed by atoms with E-state index in [1.807, 2.05) is 0 Å². The van der Waals surface area contributed by atoms with Gasteiger partial charge in [0.2, 0.25) is 0 Å². The topological polar surface area (TPSA) is 237 Å². The lowest BCUT2D eigenvalue weighted by Gasteiger charge is -2.21. The Hall–Kier alpha value is -1.94. The van der Waals surface area contributed by atoms with Gasteiger partial charge in [-0.05, 0) is 43.4 Å². The first kappa shape index (κ1) is 98.1. The molecule has 0 aromatic heterocycles. The maximum Gasteiger partial charge on any atom is 0.472 e. The van der Waals surface area contributed by atoms with E-state index in [0.717, 1.165) is 108 Å². The van der Waals surface area contributed by atoms with Gasteiger partial charge in [-0.2, -0.15) is 0 Å². The van der Waals surface area contributed by atoms with Crippen molar-refractivity contribution in [2.24, 2.45) is 17.8 Å². The molecule has 0 spiro atoms. The Balaban J connectivity index is 5.22. The number of aliphatic hydroxyl groups is 1. The minimum atomic E-state index is -4.96. The van der Waals surface area contributed by atoms with Crippen LogP contribution in [0.4, 0.5) is 0 Å². The van der Waals surface area contributed by atoms with Crippen molar-refractivity contribution in [1.82, 2.24) is 0 Å². The Morgan fingerprint density at radius 2 is 0.510 bits per heavy atom. The number of hydrogen-bond donors (Lipinski definition) is 3. The van der Waals surface area contributed by atoms with E-state index < -0.39 is 97.5 Å². The van der Waals surface area contributed by atoms with Gasteiger partial charge >= 0.3 is 39.5 Å². The van der Waals surface area contributed by atoms with Gasteiger partial charge in [0, 0.05) is 25.7 Å². The molecule has 0 aliphatic carbocycles. The maximum atomic E-state index is 13.1. The Morgan fingerprint density at radius 1 is 0.290 bits per heavy atom. The predicted octanol–water partition coefficient (Wildman–Crippen LogP) is 24.1. The SMILES string of the molecule is CCCCCCCCCCCCCCCCCCCCCCCC(=O)O[C@H](COC(=O)CCCCCCCCCCCCCCCC(C)C)COP(=O)(O)OC[C@@H](O)COP(=O)(O)OC[C@@H](COC(=O)CCCCCCCCC(C)C)OC(=O)CCCCCCCCCCCCC(C)CC. The summed E-state index contributed by atoms with van der Waals surface area (Å²) in [7, 11) is -9.92. The molecule has 3 unspecified atom stereocenters. The average molecular weight is 1470 g/mol. The van der Waals surface area contributed by atoms with E-state index in [2.05, 4.69) is 48.5 Å². The van der Waals surface area contributed by atoms with Crippen molar-refractivity contribution in [1.29, 1.82) is 0 Å². The summed E-state index contributed by atoms with van der Waals surface area (Å²) in [6.07, 6.45) is 59.9. The lowest BCUT2D eigenvalue weighted by molar-refractivity contribution is -0.161. The van der Waals surface area contributed by atoms with Crippen molar-refractivity contribution < 1.29 is 80.2 Å². The van der Waals surface area contributed by atoms with E-state index >= 15 is 0 Å². The summed E-state index contributed by atoms with van der Waals surface area (Å²) >= 11 is 0. The Morgan fingerprint density at radius 3 is 0.760 bits per heavy atom. The quantitative estimate of drug-likeness (QED) is 0.0222. The number of rotatable bonds is 79. The third-order valence-corrected chi connectivity index (χ3v) is 21.1. The summed E-state index contributed by atoms with van der Waals surface area (Å²) in [4.78, 5) is 73.0. The molecule has 0 aliphatic heterocycles. The fourth-order valence-corrected chi connectivity index (χ4v) is 14.0. The number of unbranched alkanes of at least 4 members (excludes halogenated alkanes) is 46. The van der Waals surface area contributed by atoms with Gasteiger partial charge < -0.3 is 33.8 Å². The zero-order valence-electron chi connectivity index (χ0n) is 65.7. The first-order valence-corrected chi connectivity index (χ1v) is 44.9. The normalized spacial score (nSPS) is 14.2. The van der Waals surface area contributed by atoms with Crippen molar-refractivity contribution in [3.05, 3.63) is 0 Å². The Labute approximate surface area is 613 Å². The van der Waals surface area contributed by atoms with E-state index in [1.54, 1.807) is 0 Å². The van der Waals surface area contributed by atoms with E-state index in [9.17, 15) is 43.2 Å². The van der Waals surface area contributed by atoms with Crippen LogP contribution >= 0.6 is 15.6 Å². The molecule has 0 aliphatic rings. The molecule has 0 heterocycles. The first-order chi connectivity index (χ1) is 48.3. The maximum absolute atomic E-state index is 13.1. The Kier molecular flexibility index (Phi) is 69.9. The zero-order chi connectivity index (χ0) is 73.7. The highest BCUT2D eigenvalue weighted by molar-refractivity contribution is 7.47. The zero-order valence-corrected chi connectivity index (χ0v) is 67.5. The minimum absolute atomic E-state index is 0.105. The second kappa shape index (κ2) is 71.3. The summed E-state index contributed by atoms with van der Waals surface area (Å²) in [5, 5.41) is 10.6. The number of aliphatic hydroxyl groups excluding tert-OH is 1. The number of phosphoric ester groups is 2. The van der Waals surface area contributed by atoms with E-state index in [4.69, 9.17) is 37.0 Å². The molecule has 6 atom stereocenters. The highest BCUT2D eigenvalue weighted by Crippen LogP contribution is 2.45. The predicted molar refractivity (Wildman–Crippen MR) is 409 cm³/mol. The van der Waals surface area contributed by atoms with E-state index in [0.29, 0.717) is 31.6 Å². The second-order valence-electron chi connectivity index (χ2n) is 30.4. The van der Waals surface area contributed by atoms with E-state index in [-0.39, 0.29) is 25.7 Å². The summed E-state index contributed by atoms with van der Waals surface area (Å²) in [6, 6.07) is 0. The molecule has 19 heteroatoms. The third kappa shape index (κ3) is 73.0. The number of carbonyl (C=O) groups is 4. The highest BCUT2D eigenvalue weighted by atomic mass is 31.2. The largest absolute Gasteiger partial charge is 0.472 e. The molecule has 17 nitrogen and oxygen atoms in total. The van der Waals surface area contributed by atoms with Crippen molar-refractivity contribution >= 4 is 39.5 Å². The van der Waals surface area contributed by atoms with Crippen LogP contribution in [-0.4, -0.2) is 96.7 Å². The molecule has 0 rings (SSSR count). The van der Waals surface area contributed by atoms with Crippen LogP contribution in [-0.2, 0) is 65.4 Å². The monoisotopic (exact) mass is 1470 g/mol. The summed E-state index contributed by atoms with van der Waals surface area (Å²) in [6.45, 7) is 11.9. The van der Waals surface area contributed by atoms with Gasteiger partial charge in [-0.3, -0.25) is 37.3 Å². The Bertz CT molecular complexity index is 1940. The lowest BCUT2D eigenvalue weighted by atomic mass is 9.99. The van der Waals surface area contributed by atoms with Crippen LogP contribution in [0.3, 0.4) is 0 Å². The van der Waals surface area contributed by atoms with Crippen molar-refractivity contribution in [2.45, 2.75) is 439 Å². The summed E-state index contributed by atoms with van der Waals surface area (Å²) < 4.78 is 68.7. The molecule has 0 bridgehead atoms. The van der Waals surface area contributed by atoms with Gasteiger partial charge in [0.15, 0.2) is 12.2 Å². The smallest absolute Gasteiger partial charge is 0.462 e. The van der Waals surface area contributed by atoms with Crippen LogP contribution in [0.5, 0.6) is 0 Å². The molecular formula is C81H158O17P2. The average Bonchev–Trinajstić information content (AvgIpc) is 0.908. The van der Waals surface area contributed by atoms with Crippen LogP contribution in [0.2, 0.25) is 0 Å². The first-order valence-electron chi connectivity index (χ1n) is 41.9. The van der Waals surface area contributed by atoms with Gasteiger partial charge in [0.1, 0.15) is 19.3 Å². The molecule has 0 saturated carbocycles. The molecular weight excluding hydrogens is 1310 g/mol. The summed E-state index contributed by atoms with van der Waals surface area (Å²) in [5.41, 5.74) is 0. The van der Waals surface area contributed by atoms with Crippen LogP contribution < -0.4 is 0 Å². The number of esters is 4. The van der Waals surface area contributed by atoms with Crippen molar-refractivity contribution in [3.8, 4) is 0 Å². The molecule has 0 aromatic rings. The fourth-order valence-electron chi connectivity index (χ4n) is 12.5. The summed E-state index contributed by atoms with van der Waals surface area (Å²) in [5.74, 6) is 0.159. The number of phosphoric acid groups is 2. The number of carbonyl (C=O) groups excluding carboxylic acids is 4. The van der Waals surface area contributed by atoms with Gasteiger partial charge in [0.05, 0.1) is 26.4 Å². The van der Waals surface area contributed by atoms with Crippen LogP contribution in [0.1, 0.15) is 421 Å². The van der Waals surface area contributed by atoms with E-state index in [1.165, 1.54) is 225 Å². The molecule has 100 heavy (non-hydrogen) atoms. The van der Waals surface area contributed by atoms with Crippen LogP contribution in [0, 0.1) is 17.8 Å². The molecule has 0 amide bonds. The minimum Gasteiger partial charge on any atom is -0.462 e. The lowest BCUT2D eigenvalue weighted by Crippen LogP contribution is -2.30. The molecule has 3 N–H and O–H groups in total. The molecule has 0 aromatic carbocycles. The number of ether oxygens (including phenoxy) is 4. The van der Waals surface area contributed by atoms with Gasteiger partial charge in [-0.15, -0.1) is 0 Å². The third-order valence-electron chi connectivity index (χ3n) is 19.2. The molecule has 0 saturated heterocycles. The second-order valence-corrected chi connectivity index (χ2v) is 33.3. The van der Waals surface area contributed by atoms with Gasteiger partial charge in [-0.25, -0.2) is 9.13 Å². The molecule has 594 valence electrons. The molecule has 0 radical (unpaired) electrons. The van der Waals surface area contributed by atoms with Crippen LogP contribution in [0.25, 0.3) is 0 Å². The highest BCUT2D eigenvalue weighted by Gasteiger charge is 2.30. The van der Waals surface area contributed by atoms with Gasteiger partial charge in [0.25, 0.3) is 0 Å². The molecule has 0 fully saturated rings. The van der Waals surface area contributed by atoms with Crippen molar-refractivity contribution in [2.75, 3.05) is 39.6 Å². The van der Waals surface area contributed by atoms with Crippen molar-refractivity contribution in [3.63, 3.8) is 0 Å².